The van der Waals surface area contributed by atoms with Crippen molar-refractivity contribution in [3.8, 4) is 0 Å². The Balaban J connectivity index is 3.80. The van der Waals surface area contributed by atoms with E-state index < -0.39 is 0 Å². The Morgan fingerprint density at radius 3 is 2.54 bits per heavy atom. The summed E-state index contributed by atoms with van der Waals surface area (Å²) >= 11 is 0. The van der Waals surface area contributed by atoms with E-state index in [2.05, 4.69) is 0 Å². The lowest BCUT2D eigenvalue weighted by atomic mass is 10.2. The average molecular weight is 188 g/mol. The molecule has 0 fully saturated rings. The van der Waals surface area contributed by atoms with E-state index in [-0.39, 0.29) is 11.9 Å². The molecule has 0 aliphatic rings. The standard InChI is InChI=1S/C9H20N2O2/c1-4-11(6-7-13-5-2)8(3)9(10)12/h8H,4-7H2,1-3H3,(H2,10,12). The van der Waals surface area contributed by atoms with E-state index in [1.165, 1.54) is 0 Å². The predicted octanol–water partition coefficient (Wildman–Crippen LogP) is 0.219. The number of primary amides is 1. The molecule has 1 amide bonds. The summed E-state index contributed by atoms with van der Waals surface area (Å²) in [5.41, 5.74) is 5.20. The zero-order valence-electron chi connectivity index (χ0n) is 8.75. The molecule has 0 saturated heterocycles. The average Bonchev–Trinajstić information content (AvgIpc) is 2.11. The van der Waals surface area contributed by atoms with Crippen molar-refractivity contribution in [3.63, 3.8) is 0 Å². The Labute approximate surface area is 80.0 Å². The van der Waals surface area contributed by atoms with E-state index in [4.69, 9.17) is 10.5 Å². The molecular formula is C9H20N2O2. The van der Waals surface area contributed by atoms with Crippen LogP contribution >= 0.6 is 0 Å². The lowest BCUT2D eigenvalue weighted by Gasteiger charge is -2.24. The van der Waals surface area contributed by atoms with Crippen LogP contribution in [-0.4, -0.2) is 43.2 Å². The fourth-order valence-electron chi connectivity index (χ4n) is 1.13. The highest BCUT2D eigenvalue weighted by atomic mass is 16.5. The molecule has 0 saturated carbocycles. The minimum absolute atomic E-state index is 0.203. The van der Waals surface area contributed by atoms with Gasteiger partial charge in [0.05, 0.1) is 12.6 Å². The van der Waals surface area contributed by atoms with Crippen molar-refractivity contribution in [1.29, 1.82) is 0 Å². The molecule has 78 valence electrons. The summed E-state index contributed by atoms with van der Waals surface area (Å²) in [6, 6.07) is -0.203. The molecule has 0 aromatic carbocycles. The van der Waals surface area contributed by atoms with Gasteiger partial charge in [0, 0.05) is 13.2 Å². The van der Waals surface area contributed by atoms with Crippen LogP contribution in [0.15, 0.2) is 0 Å². The van der Waals surface area contributed by atoms with Crippen LogP contribution in [0.4, 0.5) is 0 Å². The van der Waals surface area contributed by atoms with Crippen LogP contribution in [0.5, 0.6) is 0 Å². The van der Waals surface area contributed by atoms with E-state index in [0.29, 0.717) is 13.2 Å². The molecule has 13 heavy (non-hydrogen) atoms. The van der Waals surface area contributed by atoms with Gasteiger partial charge in [-0.3, -0.25) is 9.69 Å². The topological polar surface area (TPSA) is 55.6 Å². The van der Waals surface area contributed by atoms with Crippen molar-refractivity contribution >= 4 is 5.91 Å². The summed E-state index contributed by atoms with van der Waals surface area (Å²) in [6.07, 6.45) is 0. The smallest absolute Gasteiger partial charge is 0.234 e. The molecular weight excluding hydrogens is 168 g/mol. The van der Waals surface area contributed by atoms with Gasteiger partial charge in [0.2, 0.25) is 5.91 Å². The lowest BCUT2D eigenvalue weighted by molar-refractivity contribution is -0.122. The highest BCUT2D eigenvalue weighted by Gasteiger charge is 2.16. The highest BCUT2D eigenvalue weighted by Crippen LogP contribution is 1.97. The first-order valence-corrected chi connectivity index (χ1v) is 4.74. The third-order valence-electron chi connectivity index (χ3n) is 2.09. The number of likely N-dealkylation sites (N-methyl/N-ethyl adjacent to an activating group) is 1. The molecule has 0 aromatic heterocycles. The molecule has 0 spiro atoms. The lowest BCUT2D eigenvalue weighted by Crippen LogP contribution is -2.44. The van der Waals surface area contributed by atoms with Gasteiger partial charge in [-0.05, 0) is 20.4 Å². The zero-order valence-corrected chi connectivity index (χ0v) is 8.75. The second kappa shape index (κ2) is 6.86. The van der Waals surface area contributed by atoms with Crippen LogP contribution in [-0.2, 0) is 9.53 Å². The predicted molar refractivity (Wildman–Crippen MR) is 52.4 cm³/mol. The summed E-state index contributed by atoms with van der Waals surface area (Å²) < 4.78 is 5.20. The van der Waals surface area contributed by atoms with E-state index in [1.54, 1.807) is 0 Å². The molecule has 4 heteroatoms. The molecule has 0 radical (unpaired) electrons. The van der Waals surface area contributed by atoms with Gasteiger partial charge in [0.1, 0.15) is 0 Å². The van der Waals surface area contributed by atoms with Gasteiger partial charge >= 0.3 is 0 Å². The third-order valence-corrected chi connectivity index (χ3v) is 2.09. The van der Waals surface area contributed by atoms with Gasteiger partial charge in [-0.25, -0.2) is 0 Å². The number of nitrogens with two attached hydrogens (primary N) is 1. The fourth-order valence-corrected chi connectivity index (χ4v) is 1.13. The maximum Gasteiger partial charge on any atom is 0.234 e. The van der Waals surface area contributed by atoms with Crippen LogP contribution in [0.2, 0.25) is 0 Å². The molecule has 2 N–H and O–H groups in total. The first kappa shape index (κ1) is 12.4. The molecule has 1 atom stereocenters. The van der Waals surface area contributed by atoms with Crippen molar-refractivity contribution in [2.24, 2.45) is 5.73 Å². The van der Waals surface area contributed by atoms with Crippen LogP contribution in [0.1, 0.15) is 20.8 Å². The van der Waals surface area contributed by atoms with Crippen LogP contribution < -0.4 is 5.73 Å². The highest BCUT2D eigenvalue weighted by molar-refractivity contribution is 5.79. The van der Waals surface area contributed by atoms with Gasteiger partial charge in [0.15, 0.2) is 0 Å². The number of ether oxygens (including phenoxy) is 1. The van der Waals surface area contributed by atoms with Crippen molar-refractivity contribution < 1.29 is 9.53 Å². The summed E-state index contributed by atoms with van der Waals surface area (Å²) in [4.78, 5) is 12.9. The minimum Gasteiger partial charge on any atom is -0.380 e. The SMILES string of the molecule is CCOCCN(CC)C(C)C(N)=O. The van der Waals surface area contributed by atoms with Crippen LogP contribution in [0.25, 0.3) is 0 Å². The Bertz CT molecular complexity index is 151. The zero-order chi connectivity index (χ0) is 10.3. The largest absolute Gasteiger partial charge is 0.380 e. The molecule has 0 aromatic rings. The van der Waals surface area contributed by atoms with Crippen LogP contribution in [0.3, 0.4) is 0 Å². The number of carbonyl (C=O) groups excluding carboxylic acids is 1. The van der Waals surface area contributed by atoms with Gasteiger partial charge < -0.3 is 10.5 Å². The third kappa shape index (κ3) is 4.85. The van der Waals surface area contributed by atoms with E-state index in [1.807, 2.05) is 25.7 Å². The molecule has 1 unspecified atom stereocenters. The van der Waals surface area contributed by atoms with Gasteiger partial charge in [-0.2, -0.15) is 0 Å². The number of carbonyl (C=O) groups is 1. The Morgan fingerprint density at radius 1 is 1.54 bits per heavy atom. The maximum atomic E-state index is 10.9. The number of nitrogens with zero attached hydrogens (tertiary/aromatic N) is 1. The number of hydrogen-bond donors (Lipinski definition) is 1. The van der Waals surface area contributed by atoms with E-state index in [0.717, 1.165) is 13.1 Å². The van der Waals surface area contributed by atoms with Crippen molar-refractivity contribution in [2.45, 2.75) is 26.8 Å². The minimum atomic E-state index is -0.279. The fraction of sp³-hybridized carbons (Fsp3) is 0.889. The number of rotatable bonds is 7. The van der Waals surface area contributed by atoms with Gasteiger partial charge in [0.25, 0.3) is 0 Å². The number of amides is 1. The maximum absolute atomic E-state index is 10.9. The summed E-state index contributed by atoms with van der Waals surface area (Å²) in [6.45, 7) is 8.72. The second-order valence-corrected chi connectivity index (χ2v) is 2.90. The second-order valence-electron chi connectivity index (χ2n) is 2.90. The first-order valence-electron chi connectivity index (χ1n) is 4.74. The first-order chi connectivity index (χ1) is 6.13. The van der Waals surface area contributed by atoms with Crippen molar-refractivity contribution in [3.05, 3.63) is 0 Å². The molecule has 0 rings (SSSR count). The van der Waals surface area contributed by atoms with Crippen molar-refractivity contribution in [1.82, 2.24) is 4.90 Å². The quantitative estimate of drug-likeness (QED) is 0.581. The van der Waals surface area contributed by atoms with Crippen LogP contribution in [0, 0.1) is 0 Å². The molecule has 0 bridgehead atoms. The van der Waals surface area contributed by atoms with E-state index >= 15 is 0 Å². The van der Waals surface area contributed by atoms with Gasteiger partial charge in [-0.1, -0.05) is 6.92 Å². The van der Waals surface area contributed by atoms with E-state index in [9.17, 15) is 4.79 Å². The molecule has 0 heterocycles. The molecule has 0 aliphatic carbocycles. The summed E-state index contributed by atoms with van der Waals surface area (Å²) in [5.74, 6) is -0.279. The molecule has 4 nitrogen and oxygen atoms in total. The normalized spacial score (nSPS) is 13.2. The Kier molecular flexibility index (Phi) is 6.54. The van der Waals surface area contributed by atoms with Crippen molar-refractivity contribution in [2.75, 3.05) is 26.3 Å². The Hall–Kier alpha value is -0.610. The summed E-state index contributed by atoms with van der Waals surface area (Å²) in [5, 5.41) is 0. The summed E-state index contributed by atoms with van der Waals surface area (Å²) in [7, 11) is 0. The molecule has 0 aliphatic heterocycles. The monoisotopic (exact) mass is 188 g/mol. The Morgan fingerprint density at radius 2 is 2.15 bits per heavy atom. The number of hydrogen-bond acceptors (Lipinski definition) is 3. The van der Waals surface area contributed by atoms with Gasteiger partial charge in [-0.15, -0.1) is 0 Å².